The number of aryl methyl sites for hydroxylation is 1. The number of thiocarbonyl (C=S) groups is 1. The van der Waals surface area contributed by atoms with Gasteiger partial charge < -0.3 is 19.4 Å². The molecule has 2 atom stereocenters. The van der Waals surface area contributed by atoms with Gasteiger partial charge in [0, 0.05) is 22.5 Å². The summed E-state index contributed by atoms with van der Waals surface area (Å²) >= 11 is 11.9. The minimum atomic E-state index is -0.249. The number of pyridine rings is 1. The van der Waals surface area contributed by atoms with Crippen LogP contribution in [0.4, 0.5) is 5.69 Å². The fraction of sp³-hybridized carbons (Fsp3) is 0.0968. The zero-order chi connectivity index (χ0) is 26.1. The van der Waals surface area contributed by atoms with Gasteiger partial charge in [0.05, 0.1) is 11.7 Å². The molecule has 2 unspecified atom stereocenters. The highest BCUT2D eigenvalue weighted by molar-refractivity contribution is 7.80. The summed E-state index contributed by atoms with van der Waals surface area (Å²) in [5, 5.41) is 4.75. The maximum Gasteiger partial charge on any atom is 0.174 e. The first-order valence-electron chi connectivity index (χ1n) is 12.3. The van der Waals surface area contributed by atoms with Gasteiger partial charge in [-0.3, -0.25) is 4.98 Å². The van der Waals surface area contributed by atoms with Gasteiger partial charge in [0.2, 0.25) is 0 Å². The molecule has 1 N–H and O–H groups in total. The average molecular weight is 538 g/mol. The summed E-state index contributed by atoms with van der Waals surface area (Å²) in [6, 6.07) is 32.9. The maximum atomic E-state index is 6.42. The van der Waals surface area contributed by atoms with Crippen LogP contribution < -0.4 is 15.0 Å². The second kappa shape index (κ2) is 10.3. The first-order chi connectivity index (χ1) is 18.6. The Morgan fingerprint density at radius 1 is 0.895 bits per heavy atom. The van der Waals surface area contributed by atoms with E-state index < -0.39 is 0 Å². The van der Waals surface area contributed by atoms with Gasteiger partial charge in [-0.05, 0) is 104 Å². The number of hydrogen-bond acceptors (Lipinski definition) is 4. The van der Waals surface area contributed by atoms with Crippen molar-refractivity contribution < 1.29 is 9.15 Å². The van der Waals surface area contributed by atoms with E-state index in [-0.39, 0.29) is 12.1 Å². The van der Waals surface area contributed by atoms with Gasteiger partial charge in [0.15, 0.2) is 5.11 Å². The van der Waals surface area contributed by atoms with Crippen LogP contribution in [-0.4, -0.2) is 10.1 Å². The molecule has 0 aliphatic carbocycles. The SMILES string of the molecule is Cc1ccccc1Oc1ccc(N2C(=S)NC(c3ccccn3)C2c2ccc(-c3ccc(Cl)cc3)o2)cc1. The van der Waals surface area contributed by atoms with E-state index >= 15 is 0 Å². The number of nitrogens with zero attached hydrogens (tertiary/aromatic N) is 2. The van der Waals surface area contributed by atoms with E-state index in [1.807, 2.05) is 110 Å². The smallest absolute Gasteiger partial charge is 0.174 e. The molecule has 0 spiro atoms. The maximum absolute atomic E-state index is 6.42. The second-order valence-electron chi connectivity index (χ2n) is 9.07. The van der Waals surface area contributed by atoms with Crippen LogP contribution in [0.2, 0.25) is 5.02 Å². The lowest BCUT2D eigenvalue weighted by Gasteiger charge is -2.26. The van der Waals surface area contributed by atoms with Gasteiger partial charge in [-0.1, -0.05) is 35.9 Å². The van der Waals surface area contributed by atoms with Crippen LogP contribution in [0.5, 0.6) is 11.5 Å². The normalized spacial score (nSPS) is 16.9. The van der Waals surface area contributed by atoms with Gasteiger partial charge >= 0.3 is 0 Å². The van der Waals surface area contributed by atoms with Crippen LogP contribution in [0.3, 0.4) is 0 Å². The Bertz CT molecular complexity index is 1570. The Hall–Kier alpha value is -4.13. The minimum absolute atomic E-state index is 0.198. The first-order valence-corrected chi connectivity index (χ1v) is 13.1. The predicted octanol–water partition coefficient (Wildman–Crippen LogP) is 8.27. The third-order valence-corrected chi connectivity index (χ3v) is 7.15. The van der Waals surface area contributed by atoms with Crippen molar-refractivity contribution in [3.8, 4) is 22.8 Å². The zero-order valence-electron chi connectivity index (χ0n) is 20.5. The molecule has 3 heterocycles. The van der Waals surface area contributed by atoms with E-state index in [0.717, 1.165) is 45.5 Å². The molecule has 0 bridgehead atoms. The average Bonchev–Trinajstić information content (AvgIpc) is 3.56. The number of rotatable bonds is 6. The molecule has 5 nitrogen and oxygen atoms in total. The molecule has 1 saturated heterocycles. The van der Waals surface area contributed by atoms with Gasteiger partial charge in [-0.15, -0.1) is 0 Å². The van der Waals surface area contributed by atoms with Crippen LogP contribution in [0.15, 0.2) is 114 Å². The Balaban J connectivity index is 1.35. The van der Waals surface area contributed by atoms with Crippen molar-refractivity contribution in [1.82, 2.24) is 10.3 Å². The van der Waals surface area contributed by atoms with Gasteiger partial charge in [0.25, 0.3) is 0 Å². The highest BCUT2D eigenvalue weighted by Gasteiger charge is 2.42. The number of halogens is 1. The Labute approximate surface area is 231 Å². The minimum Gasteiger partial charge on any atom is -0.459 e. The third kappa shape index (κ3) is 4.76. The summed E-state index contributed by atoms with van der Waals surface area (Å²) in [5.41, 5.74) is 3.83. The molecule has 0 radical (unpaired) electrons. The third-order valence-electron chi connectivity index (χ3n) is 6.58. The quantitative estimate of drug-likeness (QED) is 0.220. The lowest BCUT2D eigenvalue weighted by Crippen LogP contribution is -2.29. The highest BCUT2D eigenvalue weighted by atomic mass is 35.5. The topological polar surface area (TPSA) is 50.5 Å². The second-order valence-corrected chi connectivity index (χ2v) is 9.89. The molecule has 188 valence electrons. The Kier molecular flexibility index (Phi) is 6.58. The number of para-hydroxylation sites is 1. The Morgan fingerprint density at radius 2 is 1.66 bits per heavy atom. The van der Waals surface area contributed by atoms with E-state index in [9.17, 15) is 0 Å². The number of hydrogen-bond donors (Lipinski definition) is 1. The summed E-state index contributed by atoms with van der Waals surface area (Å²) in [7, 11) is 0. The molecule has 1 aliphatic rings. The standard InChI is InChI=1S/C31H24ClN3O2S/c1-20-6-2-3-8-26(20)36-24-15-13-23(14-16-24)35-30(29(34-31(35)38)25-7-4-5-19-33-25)28-18-17-27(37-28)21-9-11-22(32)12-10-21/h2-19,29-30H,1H3,(H,34,38). The van der Waals surface area contributed by atoms with Crippen molar-refractivity contribution in [3.05, 3.63) is 131 Å². The number of anilines is 1. The van der Waals surface area contributed by atoms with Crippen LogP contribution >= 0.6 is 23.8 Å². The molecular formula is C31H24ClN3O2S. The van der Waals surface area contributed by atoms with Crippen LogP contribution in [0, 0.1) is 6.92 Å². The predicted molar refractivity (Wildman–Crippen MR) is 155 cm³/mol. The van der Waals surface area contributed by atoms with Crippen molar-refractivity contribution in [2.75, 3.05) is 4.90 Å². The molecule has 1 fully saturated rings. The van der Waals surface area contributed by atoms with E-state index in [1.165, 1.54) is 0 Å². The molecule has 5 aromatic rings. The number of nitrogens with one attached hydrogen (secondary N) is 1. The molecule has 0 amide bonds. The molecular weight excluding hydrogens is 514 g/mol. The summed E-state index contributed by atoms with van der Waals surface area (Å²) in [4.78, 5) is 6.70. The van der Waals surface area contributed by atoms with E-state index in [1.54, 1.807) is 6.20 Å². The van der Waals surface area contributed by atoms with Gasteiger partial charge in [-0.2, -0.15) is 0 Å². The van der Waals surface area contributed by atoms with Crippen molar-refractivity contribution in [1.29, 1.82) is 0 Å². The van der Waals surface area contributed by atoms with Crippen molar-refractivity contribution >= 4 is 34.6 Å². The monoisotopic (exact) mass is 537 g/mol. The molecule has 7 heteroatoms. The Morgan fingerprint density at radius 3 is 2.39 bits per heavy atom. The van der Waals surface area contributed by atoms with Gasteiger partial charge in [-0.25, -0.2) is 0 Å². The number of aromatic nitrogens is 1. The van der Waals surface area contributed by atoms with Gasteiger partial charge in [0.1, 0.15) is 29.1 Å². The zero-order valence-corrected chi connectivity index (χ0v) is 22.1. The lowest BCUT2D eigenvalue weighted by molar-refractivity contribution is 0.439. The molecule has 38 heavy (non-hydrogen) atoms. The summed E-state index contributed by atoms with van der Waals surface area (Å²) < 4.78 is 12.5. The molecule has 1 aliphatic heterocycles. The highest BCUT2D eigenvalue weighted by Crippen LogP contribution is 2.43. The molecule has 6 rings (SSSR count). The van der Waals surface area contributed by atoms with Crippen LogP contribution in [-0.2, 0) is 0 Å². The van der Waals surface area contributed by atoms with Crippen LogP contribution in [0.1, 0.15) is 29.1 Å². The number of furan rings is 1. The van der Waals surface area contributed by atoms with E-state index in [0.29, 0.717) is 10.1 Å². The first kappa shape index (κ1) is 24.2. The molecule has 3 aromatic carbocycles. The summed E-state index contributed by atoms with van der Waals surface area (Å²) in [5.74, 6) is 3.12. The van der Waals surface area contributed by atoms with Crippen molar-refractivity contribution in [3.63, 3.8) is 0 Å². The summed E-state index contributed by atoms with van der Waals surface area (Å²) in [6.45, 7) is 2.03. The number of ether oxygens (including phenoxy) is 1. The fourth-order valence-electron chi connectivity index (χ4n) is 4.68. The molecule has 2 aromatic heterocycles. The fourth-order valence-corrected chi connectivity index (χ4v) is 5.15. The van der Waals surface area contributed by atoms with Crippen molar-refractivity contribution in [2.24, 2.45) is 0 Å². The van der Waals surface area contributed by atoms with E-state index in [4.69, 9.17) is 33.0 Å². The van der Waals surface area contributed by atoms with Crippen molar-refractivity contribution in [2.45, 2.75) is 19.0 Å². The molecule has 0 saturated carbocycles. The largest absolute Gasteiger partial charge is 0.459 e. The lowest BCUT2D eigenvalue weighted by atomic mass is 10.0. The van der Waals surface area contributed by atoms with E-state index in [2.05, 4.69) is 15.2 Å². The van der Waals surface area contributed by atoms with Crippen LogP contribution in [0.25, 0.3) is 11.3 Å². The number of benzene rings is 3. The summed E-state index contributed by atoms with van der Waals surface area (Å²) in [6.07, 6.45) is 1.79.